The van der Waals surface area contributed by atoms with Gasteiger partial charge in [0.15, 0.2) is 0 Å². The fraction of sp³-hybridized carbons (Fsp3) is 0.375. The maximum Gasteiger partial charge on any atom is 0.262 e. The Hall–Kier alpha value is -2.52. The molecule has 8 nitrogen and oxygen atoms in total. The molecular formula is C16H17N5O3S. The van der Waals surface area contributed by atoms with E-state index in [2.05, 4.69) is 25.8 Å². The minimum atomic E-state index is -0.154. The highest BCUT2D eigenvalue weighted by atomic mass is 32.1. The summed E-state index contributed by atoms with van der Waals surface area (Å²) < 4.78 is 10.2. The van der Waals surface area contributed by atoms with Crippen molar-refractivity contribution in [2.24, 2.45) is 0 Å². The van der Waals surface area contributed by atoms with E-state index in [9.17, 15) is 4.79 Å². The van der Waals surface area contributed by atoms with E-state index in [4.69, 9.17) is 9.26 Å². The lowest BCUT2D eigenvalue weighted by Crippen LogP contribution is -2.22. The Labute approximate surface area is 147 Å². The Bertz CT molecular complexity index is 887. The van der Waals surface area contributed by atoms with E-state index in [1.165, 1.54) is 23.9 Å². The summed E-state index contributed by atoms with van der Waals surface area (Å²) in [7, 11) is 0. The highest BCUT2D eigenvalue weighted by molar-refractivity contribution is 7.20. The van der Waals surface area contributed by atoms with Crippen LogP contribution in [0.25, 0.3) is 10.2 Å². The first kappa shape index (κ1) is 16.0. The van der Waals surface area contributed by atoms with Gasteiger partial charge in [-0.3, -0.25) is 4.79 Å². The summed E-state index contributed by atoms with van der Waals surface area (Å²) in [5, 5.41) is 10.9. The maximum atomic E-state index is 12.5. The van der Waals surface area contributed by atoms with Crippen LogP contribution in [0.15, 0.2) is 23.2 Å². The third-order valence-electron chi connectivity index (χ3n) is 4.12. The number of anilines is 1. The van der Waals surface area contributed by atoms with Gasteiger partial charge in [-0.1, -0.05) is 5.16 Å². The van der Waals surface area contributed by atoms with Gasteiger partial charge >= 0.3 is 0 Å². The SMILES string of the molecule is Cc1c(C(=O)NCc2ccon2)sc2ncnc(NC3CCOC3)c12. The normalized spacial score (nSPS) is 17.1. The second-order valence-electron chi connectivity index (χ2n) is 5.84. The van der Waals surface area contributed by atoms with Crippen LogP contribution in [0.3, 0.4) is 0 Å². The van der Waals surface area contributed by atoms with E-state index in [1.807, 2.05) is 6.92 Å². The summed E-state index contributed by atoms with van der Waals surface area (Å²) >= 11 is 1.36. The zero-order chi connectivity index (χ0) is 17.2. The maximum absolute atomic E-state index is 12.5. The van der Waals surface area contributed by atoms with Crippen LogP contribution in [0, 0.1) is 6.92 Å². The number of nitrogens with zero attached hydrogens (tertiary/aromatic N) is 3. The van der Waals surface area contributed by atoms with Gasteiger partial charge in [0.25, 0.3) is 5.91 Å². The molecule has 3 aromatic heterocycles. The van der Waals surface area contributed by atoms with Gasteiger partial charge in [-0.15, -0.1) is 11.3 Å². The van der Waals surface area contributed by atoms with Crippen molar-refractivity contribution >= 4 is 33.3 Å². The lowest BCUT2D eigenvalue weighted by Gasteiger charge is -2.12. The second kappa shape index (κ2) is 6.77. The van der Waals surface area contributed by atoms with Crippen molar-refractivity contribution in [2.75, 3.05) is 18.5 Å². The molecule has 0 spiro atoms. The first-order valence-corrected chi connectivity index (χ1v) is 8.80. The summed E-state index contributed by atoms with van der Waals surface area (Å²) in [6, 6.07) is 1.96. The number of thiophene rings is 1. The molecule has 0 bridgehead atoms. The number of amides is 1. The van der Waals surface area contributed by atoms with E-state index < -0.39 is 0 Å². The number of carbonyl (C=O) groups is 1. The van der Waals surface area contributed by atoms with Crippen LogP contribution in [-0.4, -0.2) is 40.3 Å². The zero-order valence-electron chi connectivity index (χ0n) is 13.6. The molecule has 1 unspecified atom stereocenters. The van der Waals surface area contributed by atoms with Crippen LogP contribution in [0.5, 0.6) is 0 Å². The summed E-state index contributed by atoms with van der Waals surface area (Å²) in [6.45, 7) is 3.66. The number of nitrogens with one attached hydrogen (secondary N) is 2. The molecule has 0 aliphatic carbocycles. The molecule has 1 amide bonds. The Kier molecular flexibility index (Phi) is 4.33. The van der Waals surface area contributed by atoms with Crippen LogP contribution in [0.1, 0.15) is 27.3 Å². The smallest absolute Gasteiger partial charge is 0.262 e. The quantitative estimate of drug-likeness (QED) is 0.719. The number of ether oxygens (including phenoxy) is 1. The summed E-state index contributed by atoms with van der Waals surface area (Å²) in [5.74, 6) is 0.600. The highest BCUT2D eigenvalue weighted by Crippen LogP contribution is 2.33. The molecule has 3 aromatic rings. The Morgan fingerprint density at radius 2 is 2.36 bits per heavy atom. The Morgan fingerprint density at radius 1 is 1.44 bits per heavy atom. The third-order valence-corrected chi connectivity index (χ3v) is 5.32. The van der Waals surface area contributed by atoms with E-state index in [1.54, 1.807) is 6.07 Å². The lowest BCUT2D eigenvalue weighted by atomic mass is 10.2. The molecule has 25 heavy (non-hydrogen) atoms. The number of carbonyl (C=O) groups excluding carboxylic acids is 1. The van der Waals surface area contributed by atoms with Crippen LogP contribution < -0.4 is 10.6 Å². The molecule has 130 valence electrons. The van der Waals surface area contributed by atoms with Crippen molar-refractivity contribution in [3.05, 3.63) is 34.8 Å². The molecule has 4 heterocycles. The van der Waals surface area contributed by atoms with Crippen molar-refractivity contribution in [2.45, 2.75) is 25.9 Å². The number of rotatable bonds is 5. The Balaban J connectivity index is 1.59. The van der Waals surface area contributed by atoms with E-state index in [-0.39, 0.29) is 11.9 Å². The van der Waals surface area contributed by atoms with Crippen molar-refractivity contribution in [1.29, 1.82) is 0 Å². The van der Waals surface area contributed by atoms with Crippen LogP contribution >= 0.6 is 11.3 Å². The largest absolute Gasteiger partial charge is 0.379 e. The van der Waals surface area contributed by atoms with Gasteiger partial charge in [0.05, 0.1) is 29.5 Å². The van der Waals surface area contributed by atoms with Gasteiger partial charge in [-0.05, 0) is 18.9 Å². The van der Waals surface area contributed by atoms with Crippen molar-refractivity contribution in [3.63, 3.8) is 0 Å². The number of fused-ring (bicyclic) bond motifs is 1. The molecule has 1 atom stereocenters. The van der Waals surface area contributed by atoms with Crippen LogP contribution in [0.2, 0.25) is 0 Å². The molecule has 2 N–H and O–H groups in total. The number of aromatic nitrogens is 3. The van der Waals surface area contributed by atoms with Crippen LogP contribution in [-0.2, 0) is 11.3 Å². The summed E-state index contributed by atoms with van der Waals surface area (Å²) in [4.78, 5) is 22.6. The average Bonchev–Trinajstić information content (AvgIpc) is 3.35. The molecule has 1 aliphatic rings. The number of aryl methyl sites for hydroxylation is 1. The molecule has 1 saturated heterocycles. The van der Waals surface area contributed by atoms with Gasteiger partial charge in [0.1, 0.15) is 28.9 Å². The van der Waals surface area contributed by atoms with Crippen molar-refractivity contribution < 1.29 is 14.1 Å². The molecule has 4 rings (SSSR count). The summed E-state index contributed by atoms with van der Waals surface area (Å²) in [6.07, 6.45) is 3.94. The number of hydrogen-bond acceptors (Lipinski definition) is 8. The zero-order valence-corrected chi connectivity index (χ0v) is 14.4. The monoisotopic (exact) mass is 359 g/mol. The highest BCUT2D eigenvalue weighted by Gasteiger charge is 2.22. The molecule has 0 radical (unpaired) electrons. The summed E-state index contributed by atoms with van der Waals surface area (Å²) in [5.41, 5.74) is 1.55. The van der Waals surface area contributed by atoms with E-state index >= 15 is 0 Å². The lowest BCUT2D eigenvalue weighted by molar-refractivity contribution is 0.0953. The topological polar surface area (TPSA) is 102 Å². The average molecular weight is 359 g/mol. The van der Waals surface area contributed by atoms with E-state index in [0.717, 1.165) is 34.6 Å². The van der Waals surface area contributed by atoms with Gasteiger partial charge in [-0.25, -0.2) is 9.97 Å². The predicted molar refractivity (Wildman–Crippen MR) is 92.7 cm³/mol. The minimum Gasteiger partial charge on any atom is -0.379 e. The van der Waals surface area contributed by atoms with Gasteiger partial charge in [0.2, 0.25) is 0 Å². The molecule has 9 heteroatoms. The van der Waals surface area contributed by atoms with Gasteiger partial charge in [0, 0.05) is 12.7 Å². The predicted octanol–water partition coefficient (Wildman–Crippen LogP) is 2.12. The first-order chi connectivity index (χ1) is 12.2. The second-order valence-corrected chi connectivity index (χ2v) is 6.84. The Morgan fingerprint density at radius 3 is 3.12 bits per heavy atom. The molecule has 1 aliphatic heterocycles. The third kappa shape index (κ3) is 3.20. The van der Waals surface area contributed by atoms with Crippen molar-refractivity contribution in [1.82, 2.24) is 20.4 Å². The molecule has 0 aromatic carbocycles. The van der Waals surface area contributed by atoms with Gasteiger partial charge < -0.3 is 19.9 Å². The standard InChI is InChI=1S/C16H17N5O3S/c1-9-12-14(20-11-2-4-23-7-11)18-8-19-16(12)25-13(9)15(22)17-6-10-3-5-24-21-10/h3,5,8,11H,2,4,6-7H2,1H3,(H,17,22)(H,18,19,20). The van der Waals surface area contributed by atoms with E-state index in [0.29, 0.717) is 23.7 Å². The fourth-order valence-electron chi connectivity index (χ4n) is 2.82. The van der Waals surface area contributed by atoms with Crippen molar-refractivity contribution in [3.8, 4) is 0 Å². The minimum absolute atomic E-state index is 0.154. The van der Waals surface area contributed by atoms with Crippen LogP contribution in [0.4, 0.5) is 5.82 Å². The molecule has 1 fully saturated rings. The number of hydrogen-bond donors (Lipinski definition) is 2. The first-order valence-electron chi connectivity index (χ1n) is 7.98. The molecular weight excluding hydrogens is 342 g/mol. The fourth-order valence-corrected chi connectivity index (χ4v) is 3.88. The molecule has 0 saturated carbocycles. The van der Waals surface area contributed by atoms with Gasteiger partial charge in [-0.2, -0.15) is 0 Å².